The zero-order chi connectivity index (χ0) is 14.9. The minimum absolute atomic E-state index is 0.00988. The van der Waals surface area contributed by atoms with Gasteiger partial charge in [-0.1, -0.05) is 36.4 Å². The molecule has 0 saturated carbocycles. The summed E-state index contributed by atoms with van der Waals surface area (Å²) in [4.78, 5) is 0.422. The average molecular weight is 303 g/mol. The van der Waals surface area contributed by atoms with Crippen LogP contribution in [0.5, 0.6) is 5.75 Å². The van der Waals surface area contributed by atoms with Crippen molar-refractivity contribution in [2.24, 2.45) is 0 Å². The van der Waals surface area contributed by atoms with Crippen LogP contribution in [-0.4, -0.2) is 19.3 Å². The van der Waals surface area contributed by atoms with E-state index in [1.165, 1.54) is 0 Å². The van der Waals surface area contributed by atoms with Crippen LogP contribution in [0, 0.1) is 0 Å². The highest BCUT2D eigenvalue weighted by molar-refractivity contribution is 7.91. The molecule has 3 rings (SSSR count). The Morgan fingerprint density at radius 1 is 1.10 bits per heavy atom. The first-order valence-corrected chi connectivity index (χ1v) is 8.55. The van der Waals surface area contributed by atoms with Crippen LogP contribution in [0.25, 0.3) is 0 Å². The number of nitrogens with one attached hydrogen (secondary N) is 1. The van der Waals surface area contributed by atoms with Gasteiger partial charge in [0.25, 0.3) is 0 Å². The van der Waals surface area contributed by atoms with E-state index in [-0.39, 0.29) is 17.5 Å². The van der Waals surface area contributed by atoms with Gasteiger partial charge in [0.2, 0.25) is 0 Å². The summed E-state index contributed by atoms with van der Waals surface area (Å²) in [6.07, 6.45) is 0.549. The lowest BCUT2D eigenvalue weighted by atomic mass is 10.0. The van der Waals surface area contributed by atoms with Crippen LogP contribution in [0.15, 0.2) is 53.4 Å². The van der Waals surface area contributed by atoms with E-state index in [0.717, 1.165) is 11.1 Å². The Morgan fingerprint density at radius 3 is 2.62 bits per heavy atom. The minimum Gasteiger partial charge on any atom is -0.508 e. The Morgan fingerprint density at radius 2 is 1.81 bits per heavy atom. The van der Waals surface area contributed by atoms with E-state index in [0.29, 0.717) is 17.9 Å². The van der Waals surface area contributed by atoms with Crippen LogP contribution < -0.4 is 5.32 Å². The molecule has 1 atom stereocenters. The second-order valence-corrected chi connectivity index (χ2v) is 7.29. The number of rotatable bonds is 3. The van der Waals surface area contributed by atoms with Gasteiger partial charge in [-0.15, -0.1) is 0 Å². The monoisotopic (exact) mass is 303 g/mol. The van der Waals surface area contributed by atoms with Gasteiger partial charge in [-0.05, 0) is 24.1 Å². The number of aromatic hydroxyl groups is 1. The number of fused-ring (bicyclic) bond motifs is 1. The molecule has 0 fully saturated rings. The maximum atomic E-state index is 12.1. The van der Waals surface area contributed by atoms with Crippen molar-refractivity contribution in [3.8, 4) is 5.75 Å². The van der Waals surface area contributed by atoms with Crippen LogP contribution in [-0.2, 0) is 16.4 Å². The molecule has 2 aromatic rings. The molecule has 21 heavy (non-hydrogen) atoms. The molecule has 1 aliphatic heterocycles. The molecule has 0 radical (unpaired) electrons. The summed E-state index contributed by atoms with van der Waals surface area (Å²) >= 11 is 0. The Balaban J connectivity index is 1.83. The molecule has 0 spiro atoms. The molecule has 0 amide bonds. The van der Waals surface area contributed by atoms with E-state index in [1.54, 1.807) is 24.3 Å². The third-order valence-electron chi connectivity index (χ3n) is 3.84. The van der Waals surface area contributed by atoms with Gasteiger partial charge in [-0.3, -0.25) is 0 Å². The quantitative estimate of drug-likeness (QED) is 0.914. The number of phenolic OH excluding ortho intramolecular Hbond substituents is 1. The highest BCUT2D eigenvalue weighted by atomic mass is 32.2. The number of hydrogen-bond donors (Lipinski definition) is 2. The molecular formula is C16H17NO3S. The molecule has 0 aliphatic carbocycles. The van der Waals surface area contributed by atoms with Crippen LogP contribution in [0.1, 0.15) is 23.6 Å². The lowest BCUT2D eigenvalue weighted by Crippen LogP contribution is -2.29. The highest BCUT2D eigenvalue weighted by Crippen LogP contribution is 2.32. The first-order chi connectivity index (χ1) is 10.1. The second-order valence-electron chi connectivity index (χ2n) is 5.21. The Kier molecular flexibility index (Phi) is 3.69. The average Bonchev–Trinajstić information content (AvgIpc) is 2.48. The van der Waals surface area contributed by atoms with Crippen LogP contribution in [0.3, 0.4) is 0 Å². The predicted octanol–water partition coefficient (Wildman–Crippen LogP) is 2.40. The highest BCUT2D eigenvalue weighted by Gasteiger charge is 2.29. The van der Waals surface area contributed by atoms with Crippen LogP contribution >= 0.6 is 0 Å². The summed E-state index contributed by atoms with van der Waals surface area (Å²) < 4.78 is 24.2. The predicted molar refractivity (Wildman–Crippen MR) is 80.8 cm³/mol. The van der Waals surface area contributed by atoms with Gasteiger partial charge in [0.05, 0.1) is 10.6 Å². The minimum atomic E-state index is -3.16. The Hall–Kier alpha value is -1.85. The molecule has 4 nitrogen and oxygen atoms in total. The van der Waals surface area contributed by atoms with Gasteiger partial charge < -0.3 is 10.4 Å². The molecule has 1 heterocycles. The maximum Gasteiger partial charge on any atom is 0.178 e. The number of benzene rings is 2. The zero-order valence-corrected chi connectivity index (χ0v) is 12.3. The maximum absolute atomic E-state index is 12.1. The standard InChI is InChI=1S/C16H17NO3S/c18-15-7-3-1-5-12(15)11-17-14-9-10-21(19,20)16-8-4-2-6-13(14)16/h1-8,14,17-18H,9-11H2. The molecule has 1 aliphatic rings. The van der Waals surface area contributed by atoms with Crippen molar-refractivity contribution in [3.05, 3.63) is 59.7 Å². The molecule has 1 unspecified atom stereocenters. The van der Waals surface area contributed by atoms with Crippen molar-refractivity contribution in [1.29, 1.82) is 0 Å². The summed E-state index contributed by atoms with van der Waals surface area (Å²) in [6.45, 7) is 0.506. The number of hydrogen-bond acceptors (Lipinski definition) is 4. The van der Waals surface area contributed by atoms with E-state index < -0.39 is 9.84 Å². The molecular weight excluding hydrogens is 286 g/mol. The Labute approximate surface area is 124 Å². The molecule has 0 aromatic heterocycles. The van der Waals surface area contributed by atoms with Gasteiger partial charge >= 0.3 is 0 Å². The SMILES string of the molecule is O=S1(=O)CCC(NCc2ccccc2O)c2ccccc21. The summed E-state index contributed by atoms with van der Waals surface area (Å²) in [6, 6.07) is 14.3. The van der Waals surface area contributed by atoms with Gasteiger partial charge in [0.15, 0.2) is 9.84 Å². The fraction of sp³-hybridized carbons (Fsp3) is 0.250. The van der Waals surface area contributed by atoms with Crippen molar-refractivity contribution >= 4 is 9.84 Å². The summed E-state index contributed by atoms with van der Waals surface area (Å²) in [5.74, 6) is 0.407. The zero-order valence-electron chi connectivity index (χ0n) is 11.5. The fourth-order valence-corrected chi connectivity index (χ4v) is 4.32. The largest absolute Gasteiger partial charge is 0.508 e. The molecule has 110 valence electrons. The molecule has 2 aromatic carbocycles. The van der Waals surface area contributed by atoms with Crippen molar-refractivity contribution < 1.29 is 13.5 Å². The lowest BCUT2D eigenvalue weighted by molar-refractivity contribution is 0.450. The third-order valence-corrected chi connectivity index (χ3v) is 5.65. The van der Waals surface area contributed by atoms with Crippen molar-refractivity contribution in [1.82, 2.24) is 5.32 Å². The number of sulfone groups is 1. The van der Waals surface area contributed by atoms with Crippen molar-refractivity contribution in [3.63, 3.8) is 0 Å². The van der Waals surface area contributed by atoms with Crippen molar-refractivity contribution in [2.45, 2.75) is 23.9 Å². The first kappa shape index (κ1) is 14.1. The number of phenols is 1. The normalized spacial score (nSPS) is 19.9. The van der Waals surface area contributed by atoms with Crippen LogP contribution in [0.4, 0.5) is 0 Å². The summed E-state index contributed by atoms with van der Waals surface area (Å²) in [5, 5.41) is 13.1. The van der Waals surface area contributed by atoms with E-state index in [9.17, 15) is 13.5 Å². The van der Waals surface area contributed by atoms with Crippen LogP contribution in [0.2, 0.25) is 0 Å². The van der Waals surface area contributed by atoms with Crippen molar-refractivity contribution in [2.75, 3.05) is 5.75 Å². The van der Waals surface area contributed by atoms with E-state index >= 15 is 0 Å². The Bertz CT molecular complexity index is 756. The number of para-hydroxylation sites is 1. The fourth-order valence-electron chi connectivity index (χ4n) is 2.70. The van der Waals surface area contributed by atoms with E-state index in [2.05, 4.69) is 5.32 Å². The van der Waals surface area contributed by atoms with Gasteiger partial charge in [0.1, 0.15) is 5.75 Å². The third kappa shape index (κ3) is 2.80. The summed E-state index contributed by atoms with van der Waals surface area (Å²) in [5.41, 5.74) is 1.63. The molecule has 2 N–H and O–H groups in total. The van der Waals surface area contributed by atoms with Gasteiger partial charge in [0, 0.05) is 18.2 Å². The first-order valence-electron chi connectivity index (χ1n) is 6.90. The van der Waals surface area contributed by atoms with E-state index in [1.807, 2.05) is 24.3 Å². The molecule has 5 heteroatoms. The van der Waals surface area contributed by atoms with Gasteiger partial charge in [-0.2, -0.15) is 0 Å². The smallest absolute Gasteiger partial charge is 0.178 e. The summed E-state index contributed by atoms with van der Waals surface area (Å²) in [7, 11) is -3.16. The second kappa shape index (κ2) is 5.50. The van der Waals surface area contributed by atoms with Gasteiger partial charge in [-0.25, -0.2) is 8.42 Å². The molecule has 0 saturated heterocycles. The lowest BCUT2D eigenvalue weighted by Gasteiger charge is -2.26. The topological polar surface area (TPSA) is 66.4 Å². The van der Waals surface area contributed by atoms with E-state index in [4.69, 9.17) is 0 Å². The molecule has 0 bridgehead atoms.